The number of anilines is 3. The van der Waals surface area contributed by atoms with Gasteiger partial charge in [-0.1, -0.05) is 89.4 Å². The third kappa shape index (κ3) is 4.37. The molecule has 218 valence electrons. The summed E-state index contributed by atoms with van der Waals surface area (Å²) < 4.78 is 3.70. The number of non-ortho nitro benzene ring substituents is 1. The smallest absolute Gasteiger partial charge is 0.272 e. The van der Waals surface area contributed by atoms with Crippen LogP contribution < -0.4 is 4.90 Å². The number of rotatable bonds is 5. The normalized spacial score (nSPS) is 12.7. The molecule has 0 saturated carbocycles. The van der Waals surface area contributed by atoms with Crippen LogP contribution in [-0.4, -0.2) is 24.5 Å². The number of nitro benzene ring substituents is 1. The lowest BCUT2D eigenvalue weighted by Gasteiger charge is -2.36. The summed E-state index contributed by atoms with van der Waals surface area (Å²) in [7, 11) is 0. The minimum Gasteiger partial charge on any atom is -0.275 e. The average molecular weight is 642 g/mol. The van der Waals surface area contributed by atoms with Crippen molar-refractivity contribution < 1.29 is 4.92 Å². The van der Waals surface area contributed by atoms with Gasteiger partial charge in [0.25, 0.3) is 5.69 Å². The molecule has 1 aliphatic rings. The zero-order chi connectivity index (χ0) is 30.7. The van der Waals surface area contributed by atoms with E-state index in [4.69, 9.17) is 45.0 Å². The van der Waals surface area contributed by atoms with Crippen molar-refractivity contribution in [2.45, 2.75) is 19.8 Å². The molecule has 0 spiro atoms. The van der Waals surface area contributed by atoms with Crippen LogP contribution in [0.15, 0.2) is 97.1 Å². The van der Waals surface area contributed by atoms with E-state index in [0.29, 0.717) is 22.3 Å². The average Bonchev–Trinajstić information content (AvgIpc) is 3.55. The SMILES string of the molecule is Cc1nn(-c2ccccc2)c2c1C(c1ccccc1Cl)c1c(C)nn(-c3ccccc3)c1N2c1c(Cl)cc([N+](=O)[O-])cc1Cl. The number of halogens is 3. The zero-order valence-electron chi connectivity index (χ0n) is 23.4. The number of nitrogens with zero attached hydrogens (tertiary/aromatic N) is 6. The van der Waals surface area contributed by atoms with Crippen molar-refractivity contribution in [2.24, 2.45) is 0 Å². The predicted molar refractivity (Wildman–Crippen MR) is 174 cm³/mol. The Labute approximate surface area is 267 Å². The number of hydrogen-bond donors (Lipinski definition) is 0. The van der Waals surface area contributed by atoms with E-state index < -0.39 is 4.92 Å². The summed E-state index contributed by atoms with van der Waals surface area (Å²) in [6.45, 7) is 3.92. The lowest BCUT2D eigenvalue weighted by molar-refractivity contribution is -0.384. The highest BCUT2D eigenvalue weighted by Crippen LogP contribution is 2.57. The molecule has 0 amide bonds. The number of aromatic nitrogens is 4. The molecule has 8 nitrogen and oxygen atoms in total. The van der Waals surface area contributed by atoms with E-state index in [1.54, 1.807) is 0 Å². The Morgan fingerprint density at radius 1 is 0.682 bits per heavy atom. The van der Waals surface area contributed by atoms with Crippen molar-refractivity contribution in [3.8, 4) is 11.4 Å². The van der Waals surface area contributed by atoms with Crippen molar-refractivity contribution in [1.29, 1.82) is 0 Å². The summed E-state index contributed by atoms with van der Waals surface area (Å²) in [5.74, 6) is 0.984. The van der Waals surface area contributed by atoms with Crippen LogP contribution >= 0.6 is 34.8 Å². The standard InChI is InChI=1S/C33H23Cl3N6O2/c1-19-28-30(24-15-9-10-16-25(24)34)29-20(2)38-41(22-13-7-4-8-14-22)33(29)39(31-26(35)17-23(42(43)44)18-27(31)36)32(28)40(37-19)21-11-5-3-6-12-21/h3-18,30H,1-2H3. The number of nitro groups is 1. The fourth-order valence-electron chi connectivity index (χ4n) is 6.01. The van der Waals surface area contributed by atoms with Gasteiger partial charge >= 0.3 is 0 Å². The third-order valence-electron chi connectivity index (χ3n) is 7.82. The van der Waals surface area contributed by atoms with E-state index in [0.717, 1.165) is 39.5 Å². The van der Waals surface area contributed by atoms with Gasteiger partial charge in [0.1, 0.15) is 11.6 Å². The summed E-state index contributed by atoms with van der Waals surface area (Å²) in [4.78, 5) is 13.1. The van der Waals surface area contributed by atoms with Gasteiger partial charge in [-0.15, -0.1) is 0 Å². The Balaban J connectivity index is 1.66. The van der Waals surface area contributed by atoms with Gasteiger partial charge in [0.15, 0.2) is 0 Å². The molecule has 0 fully saturated rings. The fourth-order valence-corrected chi connectivity index (χ4v) is 6.90. The van der Waals surface area contributed by atoms with Gasteiger partial charge in [-0.05, 0) is 49.7 Å². The van der Waals surface area contributed by atoms with E-state index >= 15 is 0 Å². The van der Waals surface area contributed by atoms with Gasteiger partial charge in [0, 0.05) is 34.2 Å². The molecule has 0 N–H and O–H groups in total. The molecular weight excluding hydrogens is 619 g/mol. The first-order valence-corrected chi connectivity index (χ1v) is 14.9. The number of hydrogen-bond acceptors (Lipinski definition) is 5. The van der Waals surface area contributed by atoms with Crippen molar-refractivity contribution in [2.75, 3.05) is 4.90 Å². The van der Waals surface area contributed by atoms with Crippen LogP contribution in [0.4, 0.5) is 23.0 Å². The maximum absolute atomic E-state index is 11.7. The van der Waals surface area contributed by atoms with E-state index in [2.05, 4.69) is 0 Å². The molecule has 2 aromatic heterocycles. The molecular formula is C33H23Cl3N6O2. The van der Waals surface area contributed by atoms with Gasteiger partial charge in [-0.2, -0.15) is 10.2 Å². The molecule has 0 atom stereocenters. The van der Waals surface area contributed by atoms with E-state index in [1.807, 2.05) is 113 Å². The number of fused-ring (bicyclic) bond motifs is 2. The summed E-state index contributed by atoms with van der Waals surface area (Å²) in [5.41, 5.74) is 5.97. The van der Waals surface area contributed by atoms with Crippen LogP contribution in [0.5, 0.6) is 0 Å². The van der Waals surface area contributed by atoms with Crippen LogP contribution in [0.1, 0.15) is 34.0 Å². The molecule has 6 aromatic rings. The maximum atomic E-state index is 11.7. The van der Waals surface area contributed by atoms with Crippen molar-refractivity contribution in [3.05, 3.63) is 150 Å². The molecule has 0 saturated heterocycles. The van der Waals surface area contributed by atoms with E-state index in [1.165, 1.54) is 12.1 Å². The van der Waals surface area contributed by atoms with Gasteiger partial charge in [0.2, 0.25) is 0 Å². The minimum absolute atomic E-state index is 0.106. The van der Waals surface area contributed by atoms with Crippen LogP contribution in [-0.2, 0) is 0 Å². The van der Waals surface area contributed by atoms with Crippen molar-refractivity contribution in [3.63, 3.8) is 0 Å². The van der Waals surface area contributed by atoms with Gasteiger partial charge in [-0.25, -0.2) is 9.36 Å². The third-order valence-corrected chi connectivity index (χ3v) is 8.74. The summed E-state index contributed by atoms with van der Waals surface area (Å²) >= 11 is 20.8. The fraction of sp³-hybridized carbons (Fsp3) is 0.0909. The molecule has 7 rings (SSSR count). The molecule has 0 radical (unpaired) electrons. The summed E-state index contributed by atoms with van der Waals surface area (Å²) in [6.07, 6.45) is 0. The monoisotopic (exact) mass is 640 g/mol. The molecule has 0 bridgehead atoms. The van der Waals surface area contributed by atoms with Gasteiger partial charge in [-0.3, -0.25) is 15.0 Å². The first-order valence-electron chi connectivity index (χ1n) is 13.7. The zero-order valence-corrected chi connectivity index (χ0v) is 25.7. The van der Waals surface area contributed by atoms with Crippen LogP contribution in [0.3, 0.4) is 0 Å². The molecule has 1 aliphatic heterocycles. The lowest BCUT2D eigenvalue weighted by atomic mass is 9.81. The molecule has 11 heteroatoms. The predicted octanol–water partition coefficient (Wildman–Crippen LogP) is 9.51. The highest BCUT2D eigenvalue weighted by molar-refractivity contribution is 6.40. The topological polar surface area (TPSA) is 82.0 Å². The highest BCUT2D eigenvalue weighted by Gasteiger charge is 2.44. The largest absolute Gasteiger partial charge is 0.275 e. The van der Waals surface area contributed by atoms with Crippen molar-refractivity contribution >= 4 is 57.8 Å². The Kier molecular flexibility index (Phi) is 6.93. The van der Waals surface area contributed by atoms with Crippen molar-refractivity contribution in [1.82, 2.24) is 19.6 Å². The summed E-state index contributed by atoms with van der Waals surface area (Å²) in [5, 5.41) is 22.7. The number of para-hydroxylation sites is 2. The quantitative estimate of drug-likeness (QED) is 0.138. The van der Waals surface area contributed by atoms with E-state index in [9.17, 15) is 10.1 Å². The first-order chi connectivity index (χ1) is 21.3. The van der Waals surface area contributed by atoms with Gasteiger partial charge < -0.3 is 0 Å². The second-order valence-electron chi connectivity index (χ2n) is 10.4. The molecule has 44 heavy (non-hydrogen) atoms. The molecule has 3 heterocycles. The summed E-state index contributed by atoms with van der Waals surface area (Å²) in [6, 6.07) is 29.9. The van der Waals surface area contributed by atoms with Gasteiger partial charge in [0.05, 0.1) is 43.4 Å². The van der Waals surface area contributed by atoms with Crippen LogP contribution in [0.2, 0.25) is 15.1 Å². The molecule has 4 aromatic carbocycles. The first kappa shape index (κ1) is 28.2. The number of aryl methyl sites for hydroxylation is 2. The lowest BCUT2D eigenvalue weighted by Crippen LogP contribution is -2.26. The van der Waals surface area contributed by atoms with Crippen LogP contribution in [0.25, 0.3) is 11.4 Å². The van der Waals surface area contributed by atoms with E-state index in [-0.39, 0.29) is 21.7 Å². The Morgan fingerprint density at radius 2 is 1.14 bits per heavy atom. The van der Waals surface area contributed by atoms with Crippen LogP contribution in [0, 0.1) is 24.0 Å². The second kappa shape index (κ2) is 10.8. The second-order valence-corrected chi connectivity index (χ2v) is 11.7. The Morgan fingerprint density at radius 3 is 1.59 bits per heavy atom. The molecule has 0 aliphatic carbocycles. The Hall–Kier alpha value is -4.63. The maximum Gasteiger partial charge on any atom is 0.272 e. The molecule has 0 unspecified atom stereocenters. The highest BCUT2D eigenvalue weighted by atomic mass is 35.5. The minimum atomic E-state index is -0.515. The number of benzene rings is 4. The Bertz CT molecular complexity index is 1960.